The Kier molecular flexibility index (Phi) is 2.85. The lowest BCUT2D eigenvalue weighted by molar-refractivity contribution is 0.0536. The molecular formula is C12H16O2. The topological polar surface area (TPSA) is 21.8 Å². The van der Waals surface area contributed by atoms with Gasteiger partial charge in [0.1, 0.15) is 6.10 Å². The molecule has 2 rings (SSSR count). The Balaban J connectivity index is 1.95. The number of aryl methyl sites for hydroxylation is 1. The van der Waals surface area contributed by atoms with Crippen LogP contribution in [0.15, 0.2) is 24.3 Å². The van der Waals surface area contributed by atoms with Crippen molar-refractivity contribution in [1.29, 1.82) is 0 Å². The summed E-state index contributed by atoms with van der Waals surface area (Å²) in [7, 11) is 0. The second-order valence-corrected chi connectivity index (χ2v) is 3.79. The van der Waals surface area contributed by atoms with E-state index in [9.17, 15) is 0 Å². The van der Waals surface area contributed by atoms with Crippen molar-refractivity contribution in [1.82, 2.24) is 0 Å². The molecule has 0 aliphatic carbocycles. The summed E-state index contributed by atoms with van der Waals surface area (Å²) in [6.07, 6.45) is 0.516. The van der Waals surface area contributed by atoms with Crippen LogP contribution in [0.25, 0.3) is 0 Å². The van der Waals surface area contributed by atoms with Crippen LogP contribution in [-0.4, -0.2) is 19.3 Å². The van der Waals surface area contributed by atoms with Crippen LogP contribution in [0.5, 0.6) is 0 Å². The van der Waals surface area contributed by atoms with Crippen molar-refractivity contribution in [2.24, 2.45) is 0 Å². The Labute approximate surface area is 84.8 Å². The van der Waals surface area contributed by atoms with Gasteiger partial charge in [-0.05, 0) is 25.0 Å². The van der Waals surface area contributed by atoms with Crippen molar-refractivity contribution >= 4 is 0 Å². The normalized spacial score (nSPS) is 22.0. The molecule has 1 aliphatic rings. The van der Waals surface area contributed by atoms with Gasteiger partial charge in [-0.25, -0.2) is 0 Å². The molecule has 0 N–H and O–H groups in total. The van der Waals surface area contributed by atoms with E-state index in [-0.39, 0.29) is 6.10 Å². The minimum absolute atomic E-state index is 0.167. The molecule has 0 amide bonds. The highest BCUT2D eigenvalue weighted by atomic mass is 16.6. The van der Waals surface area contributed by atoms with Crippen LogP contribution < -0.4 is 0 Å². The third-order valence-corrected chi connectivity index (χ3v) is 2.56. The van der Waals surface area contributed by atoms with Crippen molar-refractivity contribution in [2.45, 2.75) is 26.1 Å². The predicted molar refractivity (Wildman–Crippen MR) is 55.3 cm³/mol. The summed E-state index contributed by atoms with van der Waals surface area (Å²) in [5.74, 6) is 0. The zero-order valence-corrected chi connectivity index (χ0v) is 8.69. The maximum atomic E-state index is 5.71. The molecule has 2 nitrogen and oxygen atoms in total. The fourth-order valence-corrected chi connectivity index (χ4v) is 1.55. The maximum absolute atomic E-state index is 5.71. The molecule has 1 heterocycles. The molecule has 1 fully saturated rings. The van der Waals surface area contributed by atoms with Crippen LogP contribution in [0.4, 0.5) is 0 Å². The lowest BCUT2D eigenvalue weighted by Gasteiger charge is -2.14. The third kappa shape index (κ3) is 2.34. The molecule has 1 aromatic rings. The molecular weight excluding hydrogens is 176 g/mol. The first-order valence-corrected chi connectivity index (χ1v) is 5.06. The second-order valence-electron chi connectivity index (χ2n) is 3.79. The van der Waals surface area contributed by atoms with Crippen molar-refractivity contribution in [3.8, 4) is 0 Å². The van der Waals surface area contributed by atoms with Gasteiger partial charge in [0.25, 0.3) is 0 Å². The number of rotatable bonds is 4. The fraction of sp³-hybridized carbons (Fsp3) is 0.500. The highest BCUT2D eigenvalue weighted by molar-refractivity contribution is 5.27. The number of hydrogen-bond donors (Lipinski definition) is 0. The Morgan fingerprint density at radius 1 is 1.50 bits per heavy atom. The molecule has 0 bridgehead atoms. The second kappa shape index (κ2) is 4.11. The molecule has 0 saturated carbocycles. The minimum atomic E-state index is 0.167. The SMILES string of the molecule is Cc1ccccc1[C@@H](C)OC[C@@H]1CO1. The van der Waals surface area contributed by atoms with Gasteiger partial charge in [-0.2, -0.15) is 0 Å². The van der Waals surface area contributed by atoms with Crippen LogP contribution in [0.2, 0.25) is 0 Å². The van der Waals surface area contributed by atoms with Gasteiger partial charge in [0, 0.05) is 0 Å². The van der Waals surface area contributed by atoms with E-state index in [2.05, 4.69) is 38.1 Å². The molecule has 0 spiro atoms. The van der Waals surface area contributed by atoms with Gasteiger partial charge in [0.2, 0.25) is 0 Å². The lowest BCUT2D eigenvalue weighted by atomic mass is 10.0. The Hall–Kier alpha value is -0.860. The molecule has 0 radical (unpaired) electrons. The average Bonchev–Trinajstić information content (AvgIpc) is 2.98. The Bertz CT molecular complexity index is 305. The van der Waals surface area contributed by atoms with Crippen LogP contribution in [0, 0.1) is 6.92 Å². The van der Waals surface area contributed by atoms with Gasteiger partial charge in [0.15, 0.2) is 0 Å². The zero-order valence-electron chi connectivity index (χ0n) is 8.69. The molecule has 1 saturated heterocycles. The highest BCUT2D eigenvalue weighted by Crippen LogP contribution is 2.22. The molecule has 14 heavy (non-hydrogen) atoms. The van der Waals surface area contributed by atoms with Crippen molar-refractivity contribution < 1.29 is 9.47 Å². The number of epoxide rings is 1. The number of benzene rings is 1. The molecule has 0 aromatic heterocycles. The van der Waals surface area contributed by atoms with Gasteiger partial charge in [-0.3, -0.25) is 0 Å². The molecule has 1 aliphatic heterocycles. The molecule has 2 atom stereocenters. The lowest BCUT2D eigenvalue weighted by Crippen LogP contribution is -2.07. The van der Waals surface area contributed by atoms with E-state index in [4.69, 9.17) is 9.47 Å². The maximum Gasteiger partial charge on any atom is 0.104 e. The summed E-state index contributed by atoms with van der Waals surface area (Å²) in [5, 5.41) is 0. The van der Waals surface area contributed by atoms with Crippen LogP contribution >= 0.6 is 0 Å². The Morgan fingerprint density at radius 3 is 2.86 bits per heavy atom. The first-order chi connectivity index (χ1) is 6.77. The molecule has 0 unspecified atom stereocenters. The van der Waals surface area contributed by atoms with Crippen LogP contribution in [-0.2, 0) is 9.47 Å². The quantitative estimate of drug-likeness (QED) is 0.683. The van der Waals surface area contributed by atoms with E-state index in [0.717, 1.165) is 13.2 Å². The predicted octanol–water partition coefficient (Wildman–Crippen LogP) is 2.47. The van der Waals surface area contributed by atoms with Gasteiger partial charge < -0.3 is 9.47 Å². The van der Waals surface area contributed by atoms with Gasteiger partial charge in [-0.1, -0.05) is 24.3 Å². The van der Waals surface area contributed by atoms with Gasteiger partial charge in [-0.15, -0.1) is 0 Å². The summed E-state index contributed by atoms with van der Waals surface area (Å²) in [6, 6.07) is 8.34. The monoisotopic (exact) mass is 192 g/mol. The highest BCUT2D eigenvalue weighted by Gasteiger charge is 2.23. The molecule has 76 valence electrons. The summed E-state index contributed by atoms with van der Waals surface area (Å²) >= 11 is 0. The molecule has 2 heteroatoms. The van der Waals surface area contributed by atoms with E-state index in [1.807, 2.05) is 0 Å². The summed E-state index contributed by atoms with van der Waals surface area (Å²) in [5.41, 5.74) is 2.56. The van der Waals surface area contributed by atoms with Gasteiger partial charge >= 0.3 is 0 Å². The number of ether oxygens (including phenoxy) is 2. The third-order valence-electron chi connectivity index (χ3n) is 2.56. The van der Waals surface area contributed by atoms with Crippen molar-refractivity contribution in [3.63, 3.8) is 0 Å². The van der Waals surface area contributed by atoms with Crippen LogP contribution in [0.1, 0.15) is 24.2 Å². The van der Waals surface area contributed by atoms with E-state index in [1.165, 1.54) is 11.1 Å². The molecule has 1 aromatic carbocycles. The summed E-state index contributed by atoms with van der Waals surface area (Å²) in [4.78, 5) is 0. The minimum Gasteiger partial charge on any atom is -0.371 e. The van der Waals surface area contributed by atoms with E-state index in [1.54, 1.807) is 0 Å². The van der Waals surface area contributed by atoms with Crippen molar-refractivity contribution in [2.75, 3.05) is 13.2 Å². The standard InChI is InChI=1S/C12H16O2/c1-9-5-3-4-6-12(9)10(2)13-7-11-8-14-11/h3-6,10-11H,7-8H2,1-2H3/t10-,11-/m1/s1. The zero-order chi connectivity index (χ0) is 9.97. The van der Waals surface area contributed by atoms with E-state index >= 15 is 0 Å². The van der Waals surface area contributed by atoms with E-state index in [0.29, 0.717) is 6.10 Å². The average molecular weight is 192 g/mol. The summed E-state index contributed by atoms with van der Waals surface area (Å²) in [6.45, 7) is 5.78. The largest absolute Gasteiger partial charge is 0.371 e. The van der Waals surface area contributed by atoms with Crippen LogP contribution in [0.3, 0.4) is 0 Å². The van der Waals surface area contributed by atoms with Gasteiger partial charge in [0.05, 0.1) is 19.3 Å². The number of hydrogen-bond acceptors (Lipinski definition) is 2. The first-order valence-electron chi connectivity index (χ1n) is 5.06. The Morgan fingerprint density at radius 2 is 2.21 bits per heavy atom. The first kappa shape index (κ1) is 9.69. The smallest absolute Gasteiger partial charge is 0.104 e. The summed E-state index contributed by atoms with van der Waals surface area (Å²) < 4.78 is 10.8. The van der Waals surface area contributed by atoms with Crippen molar-refractivity contribution in [3.05, 3.63) is 35.4 Å². The van der Waals surface area contributed by atoms with E-state index < -0.39 is 0 Å². The fourth-order valence-electron chi connectivity index (χ4n) is 1.55.